The van der Waals surface area contributed by atoms with Gasteiger partial charge in [-0.05, 0) is 17.7 Å². The van der Waals surface area contributed by atoms with Crippen LogP contribution < -0.4 is 5.73 Å². The third kappa shape index (κ3) is 1.61. The smallest absolute Gasteiger partial charge is 0.148 e. The standard InChI is InChI=1S/C9H8ClN3/c10-9-5-12-7-2-1-6(4-11)3-8(7)13-9/h1-3,5H,4,11H2. The first-order valence-corrected chi connectivity index (χ1v) is 4.28. The van der Waals surface area contributed by atoms with Crippen LogP contribution in [0.3, 0.4) is 0 Å². The van der Waals surface area contributed by atoms with E-state index >= 15 is 0 Å². The summed E-state index contributed by atoms with van der Waals surface area (Å²) in [5, 5.41) is 0.404. The van der Waals surface area contributed by atoms with Crippen LogP contribution in [0.25, 0.3) is 11.0 Å². The maximum absolute atomic E-state index is 5.71. The van der Waals surface area contributed by atoms with Crippen LogP contribution in [-0.4, -0.2) is 9.97 Å². The van der Waals surface area contributed by atoms with Crippen molar-refractivity contribution in [3.63, 3.8) is 0 Å². The van der Waals surface area contributed by atoms with Gasteiger partial charge in [-0.1, -0.05) is 17.7 Å². The summed E-state index contributed by atoms with van der Waals surface area (Å²) < 4.78 is 0. The van der Waals surface area contributed by atoms with E-state index in [0.717, 1.165) is 16.6 Å². The van der Waals surface area contributed by atoms with Crippen molar-refractivity contribution in [1.29, 1.82) is 0 Å². The van der Waals surface area contributed by atoms with Gasteiger partial charge in [-0.15, -0.1) is 0 Å². The quantitative estimate of drug-likeness (QED) is 0.751. The van der Waals surface area contributed by atoms with E-state index in [1.54, 1.807) is 0 Å². The van der Waals surface area contributed by atoms with Crippen LogP contribution in [0.4, 0.5) is 0 Å². The number of hydrogen-bond donors (Lipinski definition) is 1. The molecule has 0 amide bonds. The van der Waals surface area contributed by atoms with Crippen LogP contribution >= 0.6 is 11.6 Å². The number of hydrogen-bond acceptors (Lipinski definition) is 3. The van der Waals surface area contributed by atoms with Gasteiger partial charge in [0.2, 0.25) is 0 Å². The Bertz CT molecular complexity index is 442. The van der Waals surface area contributed by atoms with Gasteiger partial charge in [0.25, 0.3) is 0 Å². The third-order valence-electron chi connectivity index (χ3n) is 1.81. The van der Waals surface area contributed by atoms with Crippen molar-refractivity contribution < 1.29 is 0 Å². The van der Waals surface area contributed by atoms with Gasteiger partial charge in [-0.2, -0.15) is 0 Å². The number of benzene rings is 1. The maximum atomic E-state index is 5.71. The molecule has 0 bridgehead atoms. The molecule has 0 spiro atoms. The van der Waals surface area contributed by atoms with Crippen molar-refractivity contribution in [1.82, 2.24) is 9.97 Å². The molecule has 0 aliphatic heterocycles. The van der Waals surface area contributed by atoms with Crippen LogP contribution in [0.2, 0.25) is 5.15 Å². The number of halogens is 1. The molecule has 0 saturated heterocycles. The second kappa shape index (κ2) is 3.28. The van der Waals surface area contributed by atoms with Crippen molar-refractivity contribution in [3.8, 4) is 0 Å². The lowest BCUT2D eigenvalue weighted by Crippen LogP contribution is -1.96. The molecule has 0 aliphatic rings. The number of nitrogens with zero attached hydrogens (tertiary/aromatic N) is 2. The zero-order chi connectivity index (χ0) is 9.26. The first kappa shape index (κ1) is 8.41. The summed E-state index contributed by atoms with van der Waals surface area (Å²) in [6, 6.07) is 5.72. The third-order valence-corrected chi connectivity index (χ3v) is 2.00. The molecule has 1 heterocycles. The Balaban J connectivity index is 2.68. The fraction of sp³-hybridized carbons (Fsp3) is 0.111. The predicted octanol–water partition coefficient (Wildman–Crippen LogP) is 1.74. The van der Waals surface area contributed by atoms with E-state index in [0.29, 0.717) is 11.7 Å². The van der Waals surface area contributed by atoms with Gasteiger partial charge < -0.3 is 5.73 Å². The fourth-order valence-electron chi connectivity index (χ4n) is 1.16. The summed E-state index contributed by atoms with van der Waals surface area (Å²) in [6.45, 7) is 0.504. The topological polar surface area (TPSA) is 51.8 Å². The fourth-order valence-corrected chi connectivity index (χ4v) is 1.30. The van der Waals surface area contributed by atoms with Crippen LogP contribution in [0.15, 0.2) is 24.4 Å². The molecular formula is C9H8ClN3. The van der Waals surface area contributed by atoms with Gasteiger partial charge >= 0.3 is 0 Å². The molecule has 13 heavy (non-hydrogen) atoms. The zero-order valence-corrected chi connectivity index (χ0v) is 7.62. The average Bonchev–Trinajstić information content (AvgIpc) is 2.16. The molecule has 4 heteroatoms. The van der Waals surface area contributed by atoms with Gasteiger partial charge in [0, 0.05) is 6.54 Å². The molecule has 0 unspecified atom stereocenters. The molecule has 2 N–H and O–H groups in total. The number of fused-ring (bicyclic) bond motifs is 1. The summed E-state index contributed by atoms with van der Waals surface area (Å²) in [5.41, 5.74) is 8.15. The minimum atomic E-state index is 0.404. The first-order valence-electron chi connectivity index (χ1n) is 3.91. The SMILES string of the molecule is NCc1ccc2ncc(Cl)nc2c1. The van der Waals surface area contributed by atoms with Crippen LogP contribution in [0.1, 0.15) is 5.56 Å². The van der Waals surface area contributed by atoms with Crippen molar-refractivity contribution in [2.24, 2.45) is 5.73 Å². The van der Waals surface area contributed by atoms with Crippen molar-refractivity contribution in [3.05, 3.63) is 35.1 Å². The molecule has 2 aromatic rings. The lowest BCUT2D eigenvalue weighted by Gasteiger charge is -1.99. The monoisotopic (exact) mass is 193 g/mol. The van der Waals surface area contributed by atoms with Crippen LogP contribution in [-0.2, 0) is 6.54 Å². The molecule has 1 aromatic heterocycles. The van der Waals surface area contributed by atoms with Crippen molar-refractivity contribution >= 4 is 22.6 Å². The largest absolute Gasteiger partial charge is 0.326 e. The van der Waals surface area contributed by atoms with Gasteiger partial charge in [0.05, 0.1) is 17.2 Å². The molecule has 0 aliphatic carbocycles. The minimum Gasteiger partial charge on any atom is -0.326 e. The van der Waals surface area contributed by atoms with Gasteiger partial charge in [-0.3, -0.25) is 4.98 Å². The average molecular weight is 194 g/mol. The van der Waals surface area contributed by atoms with E-state index in [-0.39, 0.29) is 0 Å². The lowest BCUT2D eigenvalue weighted by molar-refractivity contribution is 1.07. The molecule has 2 rings (SSSR count). The number of rotatable bonds is 1. The highest BCUT2D eigenvalue weighted by atomic mass is 35.5. The Labute approximate surface area is 80.6 Å². The van der Waals surface area contributed by atoms with E-state index in [4.69, 9.17) is 17.3 Å². The molecule has 1 aromatic carbocycles. The van der Waals surface area contributed by atoms with Gasteiger partial charge in [0.15, 0.2) is 0 Å². The Kier molecular flexibility index (Phi) is 2.12. The second-order valence-electron chi connectivity index (χ2n) is 2.72. The van der Waals surface area contributed by atoms with Crippen LogP contribution in [0.5, 0.6) is 0 Å². The highest BCUT2D eigenvalue weighted by Gasteiger charge is 1.98. The van der Waals surface area contributed by atoms with E-state index in [2.05, 4.69) is 9.97 Å². The maximum Gasteiger partial charge on any atom is 0.148 e. The van der Waals surface area contributed by atoms with E-state index in [1.807, 2.05) is 18.2 Å². The Morgan fingerprint density at radius 1 is 1.31 bits per heavy atom. The van der Waals surface area contributed by atoms with Crippen molar-refractivity contribution in [2.45, 2.75) is 6.54 Å². The summed E-state index contributed by atoms with van der Waals surface area (Å²) in [5.74, 6) is 0. The van der Waals surface area contributed by atoms with E-state index in [9.17, 15) is 0 Å². The molecule has 0 fully saturated rings. The van der Waals surface area contributed by atoms with Gasteiger partial charge in [0.1, 0.15) is 5.15 Å². The number of nitrogens with two attached hydrogens (primary N) is 1. The molecular weight excluding hydrogens is 186 g/mol. The molecule has 0 radical (unpaired) electrons. The Hall–Kier alpha value is -1.19. The molecule has 66 valence electrons. The first-order chi connectivity index (χ1) is 6.29. The van der Waals surface area contributed by atoms with Crippen molar-refractivity contribution in [2.75, 3.05) is 0 Å². The Morgan fingerprint density at radius 3 is 2.92 bits per heavy atom. The van der Waals surface area contributed by atoms with Crippen LogP contribution in [0, 0.1) is 0 Å². The predicted molar refractivity (Wildman–Crippen MR) is 52.4 cm³/mol. The normalized spacial score (nSPS) is 10.6. The second-order valence-corrected chi connectivity index (χ2v) is 3.11. The summed E-state index contributed by atoms with van der Waals surface area (Å²) in [4.78, 5) is 8.25. The number of aromatic nitrogens is 2. The minimum absolute atomic E-state index is 0.404. The summed E-state index contributed by atoms with van der Waals surface area (Å²) in [6.07, 6.45) is 1.53. The Morgan fingerprint density at radius 2 is 2.15 bits per heavy atom. The summed E-state index contributed by atoms with van der Waals surface area (Å²) >= 11 is 5.71. The zero-order valence-electron chi connectivity index (χ0n) is 6.87. The van der Waals surface area contributed by atoms with E-state index < -0.39 is 0 Å². The highest BCUT2D eigenvalue weighted by molar-refractivity contribution is 6.29. The van der Waals surface area contributed by atoms with E-state index in [1.165, 1.54) is 6.20 Å². The molecule has 0 saturated carbocycles. The molecule has 0 atom stereocenters. The summed E-state index contributed by atoms with van der Waals surface area (Å²) in [7, 11) is 0. The molecule has 3 nitrogen and oxygen atoms in total. The highest BCUT2D eigenvalue weighted by Crippen LogP contribution is 2.13. The van der Waals surface area contributed by atoms with Gasteiger partial charge in [-0.25, -0.2) is 4.98 Å². The lowest BCUT2D eigenvalue weighted by atomic mass is 10.2.